The summed E-state index contributed by atoms with van der Waals surface area (Å²) < 4.78 is 0.912. The van der Waals surface area contributed by atoms with E-state index in [1.807, 2.05) is 25.1 Å². The number of nitrogen functional groups attached to an aromatic ring is 1. The lowest BCUT2D eigenvalue weighted by atomic mass is 10.1. The fraction of sp³-hybridized carbons (Fsp3) is 0.200. The van der Waals surface area contributed by atoms with E-state index >= 15 is 0 Å². The molecule has 0 unspecified atom stereocenters. The molecule has 0 saturated carbocycles. The molecule has 3 heteroatoms. The second-order valence-corrected chi connectivity index (χ2v) is 4.03. The van der Waals surface area contributed by atoms with E-state index in [2.05, 4.69) is 27.8 Å². The normalized spacial score (nSPS) is 9.69. The zero-order chi connectivity index (χ0) is 9.84. The van der Waals surface area contributed by atoms with Crippen LogP contribution in [0.2, 0.25) is 0 Å². The quantitative estimate of drug-likeness (QED) is 0.798. The van der Waals surface area contributed by atoms with Crippen LogP contribution in [0.5, 0.6) is 0 Å². The van der Waals surface area contributed by atoms with Gasteiger partial charge in [-0.25, -0.2) is 0 Å². The number of hydrogen-bond donors (Lipinski definition) is 2. The van der Waals surface area contributed by atoms with Gasteiger partial charge in [0, 0.05) is 11.0 Å². The minimum absolute atomic E-state index is 0.690. The number of aryl methyl sites for hydroxylation is 1. The highest BCUT2D eigenvalue weighted by Crippen LogP contribution is 2.22. The number of anilines is 2. The first kappa shape index (κ1) is 10.1. The second-order valence-electron chi connectivity index (χ2n) is 2.91. The highest BCUT2D eigenvalue weighted by atomic mass is 79.9. The molecule has 0 aliphatic carbocycles. The Kier molecular flexibility index (Phi) is 3.37. The van der Waals surface area contributed by atoms with Crippen molar-refractivity contribution in [2.24, 2.45) is 0 Å². The van der Waals surface area contributed by atoms with Gasteiger partial charge in [-0.2, -0.15) is 0 Å². The second kappa shape index (κ2) is 4.33. The molecule has 70 valence electrons. The summed E-state index contributed by atoms with van der Waals surface area (Å²) in [5.41, 5.74) is 8.71. The zero-order valence-corrected chi connectivity index (χ0v) is 9.19. The standard InChI is InChI=1S/C10H13BrN2/c1-7-4-3-5-9(12)10(7)13-6-8(2)11/h3-5,13H,2,6,12H2,1H3. The van der Waals surface area contributed by atoms with Crippen LogP contribution in [-0.4, -0.2) is 6.54 Å². The molecule has 0 saturated heterocycles. The van der Waals surface area contributed by atoms with Crippen molar-refractivity contribution < 1.29 is 0 Å². The molecule has 0 bridgehead atoms. The van der Waals surface area contributed by atoms with Crippen LogP contribution >= 0.6 is 15.9 Å². The molecular formula is C10H13BrN2. The van der Waals surface area contributed by atoms with Gasteiger partial charge in [-0.3, -0.25) is 0 Å². The highest BCUT2D eigenvalue weighted by molar-refractivity contribution is 9.11. The van der Waals surface area contributed by atoms with E-state index in [-0.39, 0.29) is 0 Å². The number of hydrogen-bond acceptors (Lipinski definition) is 2. The predicted molar refractivity (Wildman–Crippen MR) is 62.1 cm³/mol. The highest BCUT2D eigenvalue weighted by Gasteiger charge is 2.00. The van der Waals surface area contributed by atoms with Crippen molar-refractivity contribution in [3.8, 4) is 0 Å². The third kappa shape index (κ3) is 2.77. The van der Waals surface area contributed by atoms with Crippen molar-refractivity contribution in [1.82, 2.24) is 0 Å². The summed E-state index contributed by atoms with van der Waals surface area (Å²) >= 11 is 3.28. The zero-order valence-electron chi connectivity index (χ0n) is 7.60. The van der Waals surface area contributed by atoms with Gasteiger partial charge in [0.2, 0.25) is 0 Å². The lowest BCUT2D eigenvalue weighted by molar-refractivity contribution is 1.30. The lowest BCUT2D eigenvalue weighted by Gasteiger charge is -2.11. The summed E-state index contributed by atoms with van der Waals surface area (Å²) in [6.45, 7) is 6.46. The van der Waals surface area contributed by atoms with Gasteiger partial charge in [-0.05, 0) is 18.6 Å². The van der Waals surface area contributed by atoms with Gasteiger partial charge in [-0.15, -0.1) is 0 Å². The van der Waals surface area contributed by atoms with E-state index in [1.54, 1.807) is 0 Å². The largest absolute Gasteiger partial charge is 0.397 e. The van der Waals surface area contributed by atoms with Gasteiger partial charge in [-0.1, -0.05) is 34.6 Å². The van der Waals surface area contributed by atoms with Crippen LogP contribution in [0.25, 0.3) is 0 Å². The average Bonchev–Trinajstić information content (AvgIpc) is 2.03. The monoisotopic (exact) mass is 240 g/mol. The van der Waals surface area contributed by atoms with Crippen molar-refractivity contribution in [2.45, 2.75) is 6.92 Å². The van der Waals surface area contributed by atoms with Crippen molar-refractivity contribution >= 4 is 27.3 Å². The van der Waals surface area contributed by atoms with Gasteiger partial charge in [0.05, 0.1) is 11.4 Å². The Morgan fingerprint density at radius 1 is 1.62 bits per heavy atom. The molecular weight excluding hydrogens is 228 g/mol. The van der Waals surface area contributed by atoms with Crippen molar-refractivity contribution in [3.05, 3.63) is 34.8 Å². The van der Waals surface area contributed by atoms with E-state index in [0.29, 0.717) is 6.54 Å². The molecule has 1 aromatic carbocycles. The number of halogens is 1. The van der Waals surface area contributed by atoms with Gasteiger partial charge in [0.15, 0.2) is 0 Å². The molecule has 3 N–H and O–H groups in total. The number of nitrogens with one attached hydrogen (secondary N) is 1. The van der Waals surface area contributed by atoms with Crippen LogP contribution < -0.4 is 11.1 Å². The number of rotatable bonds is 3. The SMILES string of the molecule is C=C(Br)CNc1c(C)cccc1N. The fourth-order valence-corrected chi connectivity index (χ4v) is 1.26. The van der Waals surface area contributed by atoms with E-state index in [9.17, 15) is 0 Å². The minimum atomic E-state index is 0.690. The van der Waals surface area contributed by atoms with Crippen molar-refractivity contribution in [2.75, 3.05) is 17.6 Å². The molecule has 0 spiro atoms. The number of nitrogens with two attached hydrogens (primary N) is 1. The molecule has 0 aliphatic heterocycles. The molecule has 0 atom stereocenters. The van der Waals surface area contributed by atoms with Crippen LogP contribution in [0.4, 0.5) is 11.4 Å². The maximum atomic E-state index is 5.80. The summed E-state index contributed by atoms with van der Waals surface area (Å²) in [4.78, 5) is 0. The van der Waals surface area contributed by atoms with E-state index < -0.39 is 0 Å². The summed E-state index contributed by atoms with van der Waals surface area (Å²) in [5.74, 6) is 0. The molecule has 0 heterocycles. The Morgan fingerprint density at radius 2 is 2.31 bits per heavy atom. The Labute approximate surface area is 87.0 Å². The molecule has 0 radical (unpaired) electrons. The van der Waals surface area contributed by atoms with Crippen LogP contribution in [-0.2, 0) is 0 Å². The predicted octanol–water partition coefficient (Wildman–Crippen LogP) is 2.90. The summed E-state index contributed by atoms with van der Waals surface area (Å²) in [6, 6.07) is 5.85. The number of benzene rings is 1. The molecule has 0 fully saturated rings. The molecule has 2 nitrogen and oxygen atoms in total. The van der Waals surface area contributed by atoms with E-state index in [1.165, 1.54) is 0 Å². The smallest absolute Gasteiger partial charge is 0.0606 e. The summed E-state index contributed by atoms with van der Waals surface area (Å²) in [5, 5.41) is 3.21. The van der Waals surface area contributed by atoms with Crippen molar-refractivity contribution in [1.29, 1.82) is 0 Å². The maximum Gasteiger partial charge on any atom is 0.0606 e. The van der Waals surface area contributed by atoms with Gasteiger partial charge >= 0.3 is 0 Å². The van der Waals surface area contributed by atoms with Gasteiger partial charge < -0.3 is 11.1 Å². The summed E-state index contributed by atoms with van der Waals surface area (Å²) in [6.07, 6.45) is 0. The molecule has 13 heavy (non-hydrogen) atoms. The lowest BCUT2D eigenvalue weighted by Crippen LogP contribution is -2.05. The van der Waals surface area contributed by atoms with E-state index in [4.69, 9.17) is 5.73 Å². The Morgan fingerprint density at radius 3 is 2.85 bits per heavy atom. The first-order valence-corrected chi connectivity index (χ1v) is 4.83. The van der Waals surface area contributed by atoms with Crippen LogP contribution in [0.3, 0.4) is 0 Å². The van der Waals surface area contributed by atoms with Gasteiger partial charge in [0.25, 0.3) is 0 Å². The Bertz CT molecular complexity index is 300. The summed E-state index contributed by atoms with van der Waals surface area (Å²) in [7, 11) is 0. The number of para-hydroxylation sites is 1. The molecule has 1 rings (SSSR count). The Balaban J connectivity index is 2.81. The first-order chi connectivity index (χ1) is 6.11. The van der Waals surface area contributed by atoms with Crippen LogP contribution in [0.15, 0.2) is 29.3 Å². The molecule has 0 aromatic heterocycles. The molecule has 1 aromatic rings. The fourth-order valence-electron chi connectivity index (χ4n) is 1.12. The molecule has 0 amide bonds. The first-order valence-electron chi connectivity index (χ1n) is 4.03. The minimum Gasteiger partial charge on any atom is -0.397 e. The average molecular weight is 241 g/mol. The van der Waals surface area contributed by atoms with Crippen molar-refractivity contribution in [3.63, 3.8) is 0 Å². The van der Waals surface area contributed by atoms with Crippen LogP contribution in [0, 0.1) is 6.92 Å². The van der Waals surface area contributed by atoms with Crippen LogP contribution in [0.1, 0.15) is 5.56 Å². The third-order valence-electron chi connectivity index (χ3n) is 1.76. The maximum absolute atomic E-state index is 5.80. The molecule has 0 aliphatic rings. The van der Waals surface area contributed by atoms with E-state index in [0.717, 1.165) is 21.4 Å². The third-order valence-corrected chi connectivity index (χ3v) is 2.04. The Hall–Kier alpha value is -0.960. The van der Waals surface area contributed by atoms with Gasteiger partial charge in [0.1, 0.15) is 0 Å². The topological polar surface area (TPSA) is 38.0 Å².